The number of halogens is 1. The maximum Gasteiger partial charge on any atom is 0.254 e. The minimum absolute atomic E-state index is 0.0791. The highest BCUT2D eigenvalue weighted by molar-refractivity contribution is 6.31. The summed E-state index contributed by atoms with van der Waals surface area (Å²) in [5, 5.41) is 0.642. The summed E-state index contributed by atoms with van der Waals surface area (Å²) in [5.74, 6) is 1.29. The zero-order valence-electron chi connectivity index (χ0n) is 14.1. The molecule has 1 amide bonds. The Morgan fingerprint density at radius 3 is 2.92 bits per heavy atom. The smallest absolute Gasteiger partial charge is 0.254 e. The summed E-state index contributed by atoms with van der Waals surface area (Å²) in [4.78, 5) is 13.8. The Balaban J connectivity index is 1.58. The van der Waals surface area contributed by atoms with Crippen molar-refractivity contribution < 1.29 is 14.3 Å². The highest BCUT2D eigenvalue weighted by atomic mass is 35.5. The van der Waals surface area contributed by atoms with Crippen LogP contribution in [0.15, 0.2) is 36.4 Å². The summed E-state index contributed by atoms with van der Waals surface area (Å²) in [6.07, 6.45) is 1.04. The molecule has 0 spiro atoms. The van der Waals surface area contributed by atoms with Crippen molar-refractivity contribution in [3.05, 3.63) is 52.5 Å². The van der Waals surface area contributed by atoms with Crippen LogP contribution >= 0.6 is 11.6 Å². The number of fused-ring (bicyclic) bond motifs is 1. The van der Waals surface area contributed by atoms with Gasteiger partial charge in [-0.15, -0.1) is 0 Å². The van der Waals surface area contributed by atoms with Gasteiger partial charge in [-0.05, 0) is 53.4 Å². The zero-order chi connectivity index (χ0) is 17.4. The molecule has 0 saturated carbocycles. The molecule has 2 aromatic carbocycles. The van der Waals surface area contributed by atoms with Crippen LogP contribution in [-0.2, 0) is 11.3 Å². The van der Waals surface area contributed by atoms with E-state index in [4.69, 9.17) is 21.1 Å². The average molecular weight is 358 g/mol. The zero-order valence-corrected chi connectivity index (χ0v) is 14.9. The molecule has 0 aromatic heterocycles. The maximum absolute atomic E-state index is 12.0. The summed E-state index contributed by atoms with van der Waals surface area (Å²) in [6, 6.07) is 11.7. The molecule has 1 atom stereocenters. The first-order valence-electron chi connectivity index (χ1n) is 8.50. The third kappa shape index (κ3) is 3.37. The summed E-state index contributed by atoms with van der Waals surface area (Å²) in [7, 11) is 1.82. The second-order valence-corrected chi connectivity index (χ2v) is 7.19. The number of benzene rings is 2. The van der Waals surface area contributed by atoms with E-state index in [0.29, 0.717) is 24.1 Å². The molecular weight excluding hydrogens is 338 g/mol. The van der Waals surface area contributed by atoms with Gasteiger partial charge in [-0.25, -0.2) is 0 Å². The number of carbonyl (C=O) groups excluding carboxylic acids is 1. The second-order valence-electron chi connectivity index (χ2n) is 6.75. The Morgan fingerprint density at radius 1 is 1.24 bits per heavy atom. The van der Waals surface area contributed by atoms with Gasteiger partial charge in [-0.2, -0.15) is 0 Å². The summed E-state index contributed by atoms with van der Waals surface area (Å²) in [6.45, 7) is 2.87. The van der Waals surface area contributed by atoms with E-state index in [1.807, 2.05) is 37.4 Å². The molecule has 4 nitrogen and oxygen atoms in total. The van der Waals surface area contributed by atoms with E-state index in [9.17, 15) is 4.79 Å². The van der Waals surface area contributed by atoms with Gasteiger partial charge in [0.25, 0.3) is 5.91 Å². The molecule has 0 aliphatic carbocycles. The molecule has 1 unspecified atom stereocenters. The van der Waals surface area contributed by atoms with Gasteiger partial charge in [0.2, 0.25) is 0 Å². The number of hydrogen-bond acceptors (Lipinski definition) is 3. The highest BCUT2D eigenvalue weighted by Gasteiger charge is 2.24. The molecule has 5 heteroatoms. The molecule has 2 aliphatic heterocycles. The number of nitrogens with zero attached hydrogens (tertiary/aromatic N) is 1. The van der Waals surface area contributed by atoms with Crippen LogP contribution in [0.5, 0.6) is 5.75 Å². The fourth-order valence-corrected chi connectivity index (χ4v) is 3.61. The lowest BCUT2D eigenvalue weighted by atomic mass is 10.0. The minimum atomic E-state index is 0.0791. The van der Waals surface area contributed by atoms with Crippen LogP contribution in [0.2, 0.25) is 5.02 Å². The van der Waals surface area contributed by atoms with Gasteiger partial charge in [-0.1, -0.05) is 17.7 Å². The highest BCUT2D eigenvalue weighted by Crippen LogP contribution is 2.32. The van der Waals surface area contributed by atoms with Crippen LogP contribution in [0.3, 0.4) is 0 Å². The number of amides is 1. The van der Waals surface area contributed by atoms with Crippen LogP contribution < -0.4 is 4.74 Å². The topological polar surface area (TPSA) is 38.8 Å². The van der Waals surface area contributed by atoms with Gasteiger partial charge in [0.1, 0.15) is 5.75 Å². The monoisotopic (exact) mass is 357 g/mol. The molecule has 1 fully saturated rings. The normalized spacial score (nSPS) is 19.4. The molecule has 2 aliphatic rings. The van der Waals surface area contributed by atoms with E-state index in [-0.39, 0.29) is 5.91 Å². The van der Waals surface area contributed by atoms with Crippen molar-refractivity contribution in [3.63, 3.8) is 0 Å². The van der Waals surface area contributed by atoms with E-state index >= 15 is 0 Å². The van der Waals surface area contributed by atoms with Crippen molar-refractivity contribution in [2.75, 3.05) is 26.9 Å². The van der Waals surface area contributed by atoms with Crippen LogP contribution in [-0.4, -0.2) is 37.7 Å². The lowest BCUT2D eigenvalue weighted by Crippen LogP contribution is -2.17. The average Bonchev–Trinajstić information content (AvgIpc) is 3.21. The predicted octanol–water partition coefficient (Wildman–Crippen LogP) is 4.01. The van der Waals surface area contributed by atoms with Crippen molar-refractivity contribution >= 4 is 17.5 Å². The second kappa shape index (κ2) is 6.70. The van der Waals surface area contributed by atoms with E-state index in [1.54, 1.807) is 4.90 Å². The van der Waals surface area contributed by atoms with E-state index in [1.165, 1.54) is 0 Å². The van der Waals surface area contributed by atoms with Crippen molar-refractivity contribution in [3.8, 4) is 16.9 Å². The molecule has 25 heavy (non-hydrogen) atoms. The van der Waals surface area contributed by atoms with Crippen LogP contribution in [0.4, 0.5) is 0 Å². The summed E-state index contributed by atoms with van der Waals surface area (Å²) >= 11 is 6.29. The van der Waals surface area contributed by atoms with Gasteiger partial charge in [0, 0.05) is 36.7 Å². The molecular formula is C20H20ClNO3. The van der Waals surface area contributed by atoms with Crippen LogP contribution in [0.25, 0.3) is 11.1 Å². The minimum Gasteiger partial charge on any atom is -0.493 e. The van der Waals surface area contributed by atoms with Gasteiger partial charge < -0.3 is 14.4 Å². The molecule has 2 heterocycles. The molecule has 0 radical (unpaired) electrons. The fourth-order valence-electron chi connectivity index (χ4n) is 3.39. The third-order valence-electron chi connectivity index (χ3n) is 4.80. The van der Waals surface area contributed by atoms with Crippen molar-refractivity contribution in [2.24, 2.45) is 5.92 Å². The Bertz CT molecular complexity index is 815. The molecule has 2 aromatic rings. The third-order valence-corrected chi connectivity index (χ3v) is 5.02. The van der Waals surface area contributed by atoms with Gasteiger partial charge >= 0.3 is 0 Å². The fraction of sp³-hybridized carbons (Fsp3) is 0.350. The quantitative estimate of drug-likeness (QED) is 0.830. The Morgan fingerprint density at radius 2 is 2.12 bits per heavy atom. The first-order chi connectivity index (χ1) is 12.1. The van der Waals surface area contributed by atoms with Gasteiger partial charge in [0.15, 0.2) is 0 Å². The van der Waals surface area contributed by atoms with Crippen LogP contribution in [0.1, 0.15) is 22.3 Å². The summed E-state index contributed by atoms with van der Waals surface area (Å²) in [5.41, 5.74) is 3.87. The number of carbonyl (C=O) groups is 1. The lowest BCUT2D eigenvalue weighted by Gasteiger charge is -2.12. The number of ether oxygens (including phenoxy) is 2. The van der Waals surface area contributed by atoms with E-state index < -0.39 is 0 Å². The van der Waals surface area contributed by atoms with Crippen molar-refractivity contribution in [2.45, 2.75) is 13.0 Å². The Labute approximate surface area is 152 Å². The molecule has 130 valence electrons. The van der Waals surface area contributed by atoms with Crippen LogP contribution in [0, 0.1) is 5.92 Å². The number of hydrogen-bond donors (Lipinski definition) is 0. The van der Waals surface area contributed by atoms with E-state index in [0.717, 1.165) is 47.6 Å². The predicted molar refractivity (Wildman–Crippen MR) is 97.1 cm³/mol. The first kappa shape index (κ1) is 16.4. The van der Waals surface area contributed by atoms with E-state index in [2.05, 4.69) is 6.07 Å². The Hall–Kier alpha value is -2.04. The largest absolute Gasteiger partial charge is 0.493 e. The maximum atomic E-state index is 12.0. The first-order valence-corrected chi connectivity index (χ1v) is 8.88. The SMILES string of the molecule is CN1Cc2cc(-c3cc(Cl)cc(OCC4CCOC4)c3)ccc2C1=O. The number of rotatable bonds is 4. The van der Waals surface area contributed by atoms with Crippen molar-refractivity contribution in [1.82, 2.24) is 4.90 Å². The molecule has 0 bridgehead atoms. The summed E-state index contributed by atoms with van der Waals surface area (Å²) < 4.78 is 11.3. The molecule has 1 saturated heterocycles. The molecule has 4 rings (SSSR count). The standard InChI is InChI=1S/C20H20ClNO3/c1-22-10-16-6-14(2-3-19(16)20(22)23)15-7-17(21)9-18(8-15)25-12-13-4-5-24-11-13/h2-3,6-9,13H,4-5,10-12H2,1H3. The lowest BCUT2D eigenvalue weighted by molar-refractivity contribution is 0.0816. The van der Waals surface area contributed by atoms with Crippen molar-refractivity contribution in [1.29, 1.82) is 0 Å². The molecule has 0 N–H and O–H groups in total. The van der Waals surface area contributed by atoms with Gasteiger partial charge in [0.05, 0.1) is 13.2 Å². The Kier molecular flexibility index (Phi) is 4.40. The van der Waals surface area contributed by atoms with Gasteiger partial charge in [-0.3, -0.25) is 4.79 Å².